The molecule has 0 aromatic carbocycles. The van der Waals surface area contributed by atoms with E-state index in [2.05, 4.69) is 30.8 Å². The van der Waals surface area contributed by atoms with Crippen molar-refractivity contribution in [1.82, 2.24) is 15.0 Å². The standard InChI is InChI=1S/C19H18N6S/c20-11-13-3-2-6-21-17(13)24-7-9-25(10-8-24)18-16-14-4-1-5-15(14)26-19(16)23-12-22-18/h2-3,6,12H,1,4-5,7-10H2. The Bertz CT molecular complexity index is 1010. The van der Waals surface area contributed by atoms with Gasteiger partial charge in [0.1, 0.15) is 28.9 Å². The van der Waals surface area contributed by atoms with Crippen molar-refractivity contribution in [3.63, 3.8) is 0 Å². The summed E-state index contributed by atoms with van der Waals surface area (Å²) >= 11 is 1.83. The number of fused-ring (bicyclic) bond motifs is 3. The first-order chi connectivity index (χ1) is 12.8. The van der Waals surface area contributed by atoms with E-state index in [4.69, 9.17) is 0 Å². The van der Waals surface area contributed by atoms with E-state index >= 15 is 0 Å². The van der Waals surface area contributed by atoms with E-state index in [0.717, 1.165) is 49.1 Å². The Morgan fingerprint density at radius 2 is 1.81 bits per heavy atom. The van der Waals surface area contributed by atoms with Gasteiger partial charge in [0, 0.05) is 37.3 Å². The predicted molar refractivity (Wildman–Crippen MR) is 103 cm³/mol. The zero-order valence-corrected chi connectivity index (χ0v) is 15.2. The maximum atomic E-state index is 9.32. The number of aryl methyl sites for hydroxylation is 2. The van der Waals surface area contributed by atoms with Crippen LogP contribution in [0.1, 0.15) is 22.4 Å². The van der Waals surface area contributed by atoms with Gasteiger partial charge >= 0.3 is 0 Å². The Morgan fingerprint density at radius 1 is 1.00 bits per heavy atom. The number of rotatable bonds is 2. The summed E-state index contributed by atoms with van der Waals surface area (Å²) in [7, 11) is 0. The predicted octanol–water partition coefficient (Wildman–Crippen LogP) is 2.77. The van der Waals surface area contributed by atoms with E-state index in [-0.39, 0.29) is 0 Å². The van der Waals surface area contributed by atoms with Crippen molar-refractivity contribution < 1.29 is 0 Å². The fraction of sp³-hybridized carbons (Fsp3) is 0.368. The average molecular weight is 362 g/mol. The topological polar surface area (TPSA) is 68.9 Å². The van der Waals surface area contributed by atoms with E-state index in [1.165, 1.54) is 28.7 Å². The Morgan fingerprint density at radius 3 is 2.62 bits per heavy atom. The van der Waals surface area contributed by atoms with Crippen LogP contribution in [0.4, 0.5) is 11.6 Å². The number of hydrogen-bond donors (Lipinski definition) is 0. The maximum absolute atomic E-state index is 9.32. The molecule has 1 aliphatic carbocycles. The van der Waals surface area contributed by atoms with Gasteiger partial charge in [-0.3, -0.25) is 0 Å². The summed E-state index contributed by atoms with van der Waals surface area (Å²) in [6.07, 6.45) is 7.03. The van der Waals surface area contributed by atoms with E-state index in [9.17, 15) is 5.26 Å². The summed E-state index contributed by atoms with van der Waals surface area (Å²) < 4.78 is 0. The Labute approximate surface area is 155 Å². The number of pyridine rings is 1. The molecule has 5 rings (SSSR count). The third-order valence-corrected chi connectivity index (χ3v) is 6.47. The molecule has 4 heterocycles. The van der Waals surface area contributed by atoms with Crippen LogP contribution in [0.15, 0.2) is 24.7 Å². The number of nitriles is 1. The summed E-state index contributed by atoms with van der Waals surface area (Å²) in [5, 5.41) is 10.6. The molecule has 0 spiro atoms. The van der Waals surface area contributed by atoms with Crippen molar-refractivity contribution in [3.8, 4) is 6.07 Å². The number of nitrogens with zero attached hydrogens (tertiary/aromatic N) is 6. The van der Waals surface area contributed by atoms with Crippen molar-refractivity contribution >= 4 is 33.2 Å². The normalized spacial score (nSPS) is 16.7. The van der Waals surface area contributed by atoms with Crippen LogP contribution in [0.25, 0.3) is 10.2 Å². The first-order valence-electron chi connectivity index (χ1n) is 8.95. The van der Waals surface area contributed by atoms with Gasteiger partial charge in [-0.1, -0.05) is 0 Å². The second kappa shape index (κ2) is 6.22. The van der Waals surface area contributed by atoms with E-state index < -0.39 is 0 Å². The molecule has 1 saturated heterocycles. The van der Waals surface area contributed by atoms with Gasteiger partial charge in [-0.25, -0.2) is 15.0 Å². The number of piperazine rings is 1. The van der Waals surface area contributed by atoms with Gasteiger partial charge in [-0.05, 0) is 37.0 Å². The third kappa shape index (κ3) is 2.41. The van der Waals surface area contributed by atoms with Crippen LogP contribution in [0.2, 0.25) is 0 Å². The number of aromatic nitrogens is 3. The quantitative estimate of drug-likeness (QED) is 0.698. The van der Waals surface area contributed by atoms with Gasteiger partial charge in [0.2, 0.25) is 0 Å². The average Bonchev–Trinajstić information content (AvgIpc) is 3.29. The van der Waals surface area contributed by atoms with Crippen molar-refractivity contribution in [2.75, 3.05) is 36.0 Å². The minimum absolute atomic E-state index is 0.640. The lowest BCUT2D eigenvalue weighted by molar-refractivity contribution is 0.642. The van der Waals surface area contributed by atoms with Crippen LogP contribution >= 0.6 is 11.3 Å². The maximum Gasteiger partial charge on any atom is 0.146 e. The highest BCUT2D eigenvalue weighted by Gasteiger charge is 2.26. The first-order valence-corrected chi connectivity index (χ1v) is 9.77. The van der Waals surface area contributed by atoms with Crippen LogP contribution < -0.4 is 9.80 Å². The first kappa shape index (κ1) is 15.5. The molecule has 7 heteroatoms. The molecular formula is C19H18N6S. The summed E-state index contributed by atoms with van der Waals surface area (Å²) in [4.78, 5) is 20.8. The van der Waals surface area contributed by atoms with Crippen molar-refractivity contribution in [2.24, 2.45) is 0 Å². The molecule has 3 aromatic heterocycles. The van der Waals surface area contributed by atoms with E-state index in [1.54, 1.807) is 12.5 Å². The number of anilines is 2. The summed E-state index contributed by atoms with van der Waals surface area (Å²) in [6.45, 7) is 3.42. The third-order valence-electron chi connectivity index (χ3n) is 5.27. The summed E-state index contributed by atoms with van der Waals surface area (Å²) in [5.41, 5.74) is 2.11. The molecule has 130 valence electrons. The second-order valence-electron chi connectivity index (χ2n) is 6.70. The SMILES string of the molecule is N#Cc1cccnc1N1CCN(c2ncnc3sc4c(c23)CCC4)CC1. The minimum Gasteiger partial charge on any atom is -0.352 e. The molecule has 0 unspecified atom stereocenters. The monoisotopic (exact) mass is 362 g/mol. The van der Waals surface area contributed by atoms with Crippen LogP contribution in [-0.4, -0.2) is 41.1 Å². The van der Waals surface area contributed by atoms with E-state index in [1.807, 2.05) is 23.5 Å². The fourth-order valence-electron chi connectivity index (χ4n) is 4.02. The highest BCUT2D eigenvalue weighted by atomic mass is 32.1. The smallest absolute Gasteiger partial charge is 0.146 e. The second-order valence-corrected chi connectivity index (χ2v) is 7.78. The molecule has 0 saturated carbocycles. The van der Waals surface area contributed by atoms with Gasteiger partial charge in [-0.2, -0.15) is 5.26 Å². The molecule has 3 aromatic rings. The molecule has 2 aliphatic rings. The van der Waals surface area contributed by atoms with Gasteiger partial charge in [0.15, 0.2) is 0 Å². The summed E-state index contributed by atoms with van der Waals surface area (Å²) in [5.74, 6) is 1.87. The molecule has 1 fully saturated rings. The Hall–Kier alpha value is -2.72. The molecule has 1 aliphatic heterocycles. The van der Waals surface area contributed by atoms with Gasteiger partial charge in [-0.15, -0.1) is 11.3 Å². The van der Waals surface area contributed by atoms with Crippen molar-refractivity contribution in [2.45, 2.75) is 19.3 Å². The van der Waals surface area contributed by atoms with Crippen LogP contribution in [-0.2, 0) is 12.8 Å². The highest BCUT2D eigenvalue weighted by molar-refractivity contribution is 7.19. The number of thiophene rings is 1. The van der Waals surface area contributed by atoms with Crippen LogP contribution in [0.3, 0.4) is 0 Å². The summed E-state index contributed by atoms with van der Waals surface area (Å²) in [6, 6.07) is 5.89. The molecule has 0 radical (unpaired) electrons. The molecule has 6 nitrogen and oxygen atoms in total. The highest BCUT2D eigenvalue weighted by Crippen LogP contribution is 2.40. The lowest BCUT2D eigenvalue weighted by Gasteiger charge is -2.36. The molecule has 0 atom stereocenters. The van der Waals surface area contributed by atoms with E-state index in [0.29, 0.717) is 5.56 Å². The minimum atomic E-state index is 0.640. The molecule has 0 amide bonds. The van der Waals surface area contributed by atoms with Crippen LogP contribution in [0.5, 0.6) is 0 Å². The molecule has 26 heavy (non-hydrogen) atoms. The van der Waals surface area contributed by atoms with Crippen LogP contribution in [0, 0.1) is 11.3 Å². The van der Waals surface area contributed by atoms with Crippen molar-refractivity contribution in [1.29, 1.82) is 5.26 Å². The zero-order chi connectivity index (χ0) is 17.5. The Kier molecular flexibility index (Phi) is 3.71. The molecular weight excluding hydrogens is 344 g/mol. The van der Waals surface area contributed by atoms with Gasteiger partial charge in [0.05, 0.1) is 10.9 Å². The van der Waals surface area contributed by atoms with Gasteiger partial charge in [0.25, 0.3) is 0 Å². The number of hydrogen-bond acceptors (Lipinski definition) is 7. The molecule has 0 N–H and O–H groups in total. The Balaban J connectivity index is 1.43. The van der Waals surface area contributed by atoms with Crippen molar-refractivity contribution in [3.05, 3.63) is 40.7 Å². The zero-order valence-electron chi connectivity index (χ0n) is 14.4. The lowest BCUT2D eigenvalue weighted by Crippen LogP contribution is -2.47. The van der Waals surface area contributed by atoms with Gasteiger partial charge < -0.3 is 9.80 Å². The fourth-order valence-corrected chi connectivity index (χ4v) is 5.24. The lowest BCUT2D eigenvalue weighted by atomic mass is 10.1. The molecule has 0 bridgehead atoms. The largest absolute Gasteiger partial charge is 0.352 e.